The van der Waals surface area contributed by atoms with Gasteiger partial charge in [0.25, 0.3) is 0 Å². The average molecular weight is 250 g/mol. The first-order valence-electron chi connectivity index (χ1n) is 5.25. The molecule has 3 nitrogen and oxygen atoms in total. The average Bonchev–Trinajstić information content (AvgIpc) is 2.72. The summed E-state index contributed by atoms with van der Waals surface area (Å²) in [6.45, 7) is 3.65. The number of allylic oxidation sites excluding steroid dienone is 1. The van der Waals surface area contributed by atoms with Gasteiger partial charge in [0.1, 0.15) is 0 Å². The molecule has 0 N–H and O–H groups in total. The highest BCUT2D eigenvalue weighted by Crippen LogP contribution is 2.19. The Morgan fingerprint density at radius 1 is 1.24 bits per heavy atom. The predicted molar refractivity (Wildman–Crippen MR) is 69.7 cm³/mol. The van der Waals surface area contributed by atoms with Gasteiger partial charge in [-0.05, 0) is 44.2 Å². The van der Waals surface area contributed by atoms with E-state index in [4.69, 9.17) is 4.74 Å². The van der Waals surface area contributed by atoms with E-state index in [-0.39, 0.29) is 11.8 Å². The van der Waals surface area contributed by atoms with Crippen molar-refractivity contribution in [3.63, 3.8) is 0 Å². The van der Waals surface area contributed by atoms with Gasteiger partial charge in [-0.25, -0.2) is 4.79 Å². The van der Waals surface area contributed by atoms with Crippen molar-refractivity contribution in [3.8, 4) is 0 Å². The van der Waals surface area contributed by atoms with Crippen molar-refractivity contribution in [1.29, 1.82) is 0 Å². The van der Waals surface area contributed by atoms with Crippen LogP contribution < -0.4 is 0 Å². The van der Waals surface area contributed by atoms with E-state index in [1.165, 1.54) is 30.4 Å². The van der Waals surface area contributed by atoms with Crippen molar-refractivity contribution in [3.05, 3.63) is 34.0 Å². The SMILES string of the molecule is CCOC(=O)/C=C/c1ccc(/C=C/C(C)=O)s1. The van der Waals surface area contributed by atoms with Crippen molar-refractivity contribution >= 4 is 35.2 Å². The van der Waals surface area contributed by atoms with E-state index in [2.05, 4.69) is 0 Å². The van der Waals surface area contributed by atoms with Crippen LogP contribution in [-0.2, 0) is 14.3 Å². The van der Waals surface area contributed by atoms with Gasteiger partial charge in [-0.1, -0.05) is 0 Å². The topological polar surface area (TPSA) is 43.4 Å². The zero-order valence-corrected chi connectivity index (χ0v) is 10.6. The van der Waals surface area contributed by atoms with Crippen molar-refractivity contribution in [1.82, 2.24) is 0 Å². The van der Waals surface area contributed by atoms with Gasteiger partial charge < -0.3 is 4.74 Å². The second-order valence-electron chi connectivity index (χ2n) is 3.27. The molecule has 0 bridgehead atoms. The monoisotopic (exact) mass is 250 g/mol. The minimum atomic E-state index is -0.346. The number of ketones is 1. The Bertz CT molecular complexity index is 455. The van der Waals surface area contributed by atoms with E-state index >= 15 is 0 Å². The number of esters is 1. The summed E-state index contributed by atoms with van der Waals surface area (Å²) >= 11 is 1.50. The molecule has 0 aliphatic heterocycles. The maximum Gasteiger partial charge on any atom is 0.330 e. The quantitative estimate of drug-likeness (QED) is 0.596. The molecule has 0 atom stereocenters. The predicted octanol–water partition coefficient (Wildman–Crippen LogP) is 2.93. The molecule has 1 heterocycles. The second-order valence-corrected chi connectivity index (χ2v) is 4.42. The Hall–Kier alpha value is -1.68. The molecule has 1 aromatic heterocycles. The van der Waals surface area contributed by atoms with E-state index in [9.17, 15) is 9.59 Å². The summed E-state index contributed by atoms with van der Waals surface area (Å²) in [5, 5.41) is 0. The van der Waals surface area contributed by atoms with Crippen LogP contribution >= 0.6 is 11.3 Å². The fourth-order valence-corrected chi connectivity index (χ4v) is 1.90. The van der Waals surface area contributed by atoms with Gasteiger partial charge in [0.05, 0.1) is 6.61 Å². The highest BCUT2D eigenvalue weighted by Gasteiger charge is 1.97. The normalized spacial score (nSPS) is 11.2. The molecule has 1 aromatic rings. The minimum absolute atomic E-state index is 0.0158. The molecule has 0 spiro atoms. The summed E-state index contributed by atoms with van der Waals surface area (Å²) in [6, 6.07) is 3.79. The summed E-state index contributed by atoms with van der Waals surface area (Å²) in [7, 11) is 0. The molecule has 0 saturated heterocycles. The summed E-state index contributed by atoms with van der Waals surface area (Å²) < 4.78 is 4.77. The van der Waals surface area contributed by atoms with Crippen molar-refractivity contribution in [2.75, 3.05) is 6.61 Å². The first-order chi connectivity index (χ1) is 8.11. The van der Waals surface area contributed by atoms with Crippen molar-refractivity contribution in [2.45, 2.75) is 13.8 Å². The van der Waals surface area contributed by atoms with Crippen LogP contribution in [0, 0.1) is 0 Å². The van der Waals surface area contributed by atoms with E-state index in [1.807, 2.05) is 12.1 Å². The number of carbonyl (C=O) groups excluding carboxylic acids is 2. The van der Waals surface area contributed by atoms with Gasteiger partial charge >= 0.3 is 5.97 Å². The molecule has 0 fully saturated rings. The summed E-state index contributed by atoms with van der Waals surface area (Å²) in [4.78, 5) is 23.7. The Kier molecular flexibility index (Phi) is 5.36. The molecular weight excluding hydrogens is 236 g/mol. The number of hydrogen-bond acceptors (Lipinski definition) is 4. The maximum atomic E-state index is 11.1. The molecule has 0 saturated carbocycles. The van der Waals surface area contributed by atoms with E-state index < -0.39 is 0 Å². The molecule has 90 valence electrons. The van der Waals surface area contributed by atoms with E-state index in [1.54, 1.807) is 19.1 Å². The standard InChI is InChI=1S/C13H14O3S/c1-3-16-13(15)9-8-12-7-6-11(17-12)5-4-10(2)14/h4-9H,3H2,1-2H3/b5-4+,9-8+. The lowest BCUT2D eigenvalue weighted by molar-refractivity contribution is -0.137. The van der Waals surface area contributed by atoms with Crippen LogP contribution in [0.25, 0.3) is 12.2 Å². The highest BCUT2D eigenvalue weighted by atomic mass is 32.1. The zero-order chi connectivity index (χ0) is 12.7. The molecule has 0 aromatic carbocycles. The molecule has 0 radical (unpaired) electrons. The lowest BCUT2D eigenvalue weighted by Crippen LogP contribution is -1.98. The Labute approximate surface area is 104 Å². The number of carbonyl (C=O) groups is 2. The number of thiophene rings is 1. The van der Waals surface area contributed by atoms with Crippen molar-refractivity contribution < 1.29 is 14.3 Å². The fourth-order valence-electron chi connectivity index (χ4n) is 1.09. The number of hydrogen-bond donors (Lipinski definition) is 0. The van der Waals surface area contributed by atoms with Crippen LogP contribution in [0.3, 0.4) is 0 Å². The summed E-state index contributed by atoms with van der Waals surface area (Å²) in [5.41, 5.74) is 0. The zero-order valence-electron chi connectivity index (χ0n) is 9.80. The Morgan fingerprint density at radius 2 is 1.82 bits per heavy atom. The third-order valence-corrected chi connectivity index (χ3v) is 2.82. The van der Waals surface area contributed by atoms with Gasteiger partial charge in [0.15, 0.2) is 5.78 Å². The van der Waals surface area contributed by atoms with Crippen LogP contribution in [0.1, 0.15) is 23.6 Å². The Balaban J connectivity index is 2.62. The first-order valence-corrected chi connectivity index (χ1v) is 6.06. The summed E-state index contributed by atoms with van der Waals surface area (Å²) in [6.07, 6.45) is 6.38. The highest BCUT2D eigenvalue weighted by molar-refractivity contribution is 7.13. The maximum absolute atomic E-state index is 11.1. The molecule has 0 aliphatic rings. The van der Waals surface area contributed by atoms with E-state index in [0.717, 1.165) is 9.75 Å². The van der Waals surface area contributed by atoms with Crippen LogP contribution in [0.15, 0.2) is 24.3 Å². The fraction of sp³-hybridized carbons (Fsp3) is 0.231. The van der Waals surface area contributed by atoms with Crippen LogP contribution in [0.4, 0.5) is 0 Å². The molecule has 17 heavy (non-hydrogen) atoms. The molecule has 0 aliphatic carbocycles. The van der Waals surface area contributed by atoms with Gasteiger partial charge in [-0.3, -0.25) is 4.79 Å². The lowest BCUT2D eigenvalue weighted by Gasteiger charge is -1.93. The lowest BCUT2D eigenvalue weighted by atomic mass is 10.3. The van der Waals surface area contributed by atoms with Gasteiger partial charge in [-0.2, -0.15) is 0 Å². The van der Waals surface area contributed by atoms with Crippen LogP contribution in [0.5, 0.6) is 0 Å². The van der Waals surface area contributed by atoms with Gasteiger partial charge in [-0.15, -0.1) is 11.3 Å². The molecular formula is C13H14O3S. The molecule has 4 heteroatoms. The van der Waals surface area contributed by atoms with Gasteiger partial charge in [0.2, 0.25) is 0 Å². The minimum Gasteiger partial charge on any atom is -0.463 e. The van der Waals surface area contributed by atoms with Crippen LogP contribution in [-0.4, -0.2) is 18.4 Å². The molecule has 0 amide bonds. The van der Waals surface area contributed by atoms with E-state index in [0.29, 0.717) is 6.61 Å². The third-order valence-electron chi connectivity index (χ3n) is 1.80. The molecule has 1 rings (SSSR count). The Morgan fingerprint density at radius 3 is 2.35 bits per heavy atom. The number of rotatable bonds is 5. The smallest absolute Gasteiger partial charge is 0.330 e. The second kappa shape index (κ2) is 6.81. The largest absolute Gasteiger partial charge is 0.463 e. The van der Waals surface area contributed by atoms with Crippen LogP contribution in [0.2, 0.25) is 0 Å². The third kappa shape index (κ3) is 5.26. The van der Waals surface area contributed by atoms with Gasteiger partial charge in [0, 0.05) is 15.8 Å². The van der Waals surface area contributed by atoms with Crippen molar-refractivity contribution in [2.24, 2.45) is 0 Å². The number of ether oxygens (including phenoxy) is 1. The molecule has 0 unspecified atom stereocenters. The first kappa shape index (κ1) is 13.4. The summed E-state index contributed by atoms with van der Waals surface area (Å²) in [5.74, 6) is -0.330.